The largest absolute Gasteiger partial charge is 0.503 e. The standard InChI is InChI=1S/C26H24N4O3S/c1-33-16-15-28-34(31,32)23-10-8-20-17-21(7-9-22(20)23)25-24(18-11-13-27-14-12-18)29-26(30-25)19-5-3-2-4-6-19/h2-7,9,11-17,23,28H,8,10H2,1H3,(H,29,30). The van der Waals surface area contributed by atoms with Crippen LogP contribution in [-0.2, 0) is 21.2 Å². The van der Waals surface area contributed by atoms with Crippen molar-refractivity contribution in [3.8, 4) is 33.9 Å². The number of nitrogens with one attached hydrogen (secondary N) is 2. The van der Waals surface area contributed by atoms with Crippen LogP contribution in [0.1, 0.15) is 22.8 Å². The van der Waals surface area contributed by atoms with Crippen molar-refractivity contribution < 1.29 is 13.2 Å². The van der Waals surface area contributed by atoms with Crippen LogP contribution in [0.25, 0.3) is 33.9 Å². The van der Waals surface area contributed by atoms with Crippen LogP contribution in [-0.4, -0.2) is 30.5 Å². The van der Waals surface area contributed by atoms with Gasteiger partial charge in [0.15, 0.2) is 0 Å². The Morgan fingerprint density at radius 3 is 2.59 bits per heavy atom. The second-order valence-corrected chi connectivity index (χ2v) is 9.95. The first kappa shape index (κ1) is 21.9. The summed E-state index contributed by atoms with van der Waals surface area (Å²) >= 11 is 0. The van der Waals surface area contributed by atoms with E-state index < -0.39 is 15.3 Å². The molecule has 4 aromatic rings. The Morgan fingerprint density at radius 2 is 1.82 bits per heavy atom. The molecule has 0 spiro atoms. The second-order valence-electron chi connectivity index (χ2n) is 8.05. The summed E-state index contributed by atoms with van der Waals surface area (Å²) < 4.78 is 32.8. The van der Waals surface area contributed by atoms with Crippen LogP contribution in [0.15, 0.2) is 85.5 Å². The topological polar surface area (TPSA) is 97.0 Å². The third-order valence-electron chi connectivity index (χ3n) is 5.97. The summed E-state index contributed by atoms with van der Waals surface area (Å²) in [7, 11) is -2.08. The zero-order valence-electron chi connectivity index (χ0n) is 18.6. The van der Waals surface area contributed by atoms with Gasteiger partial charge in [0.1, 0.15) is 11.1 Å². The molecule has 0 fully saturated rings. The molecule has 2 N–H and O–H groups in total. The highest BCUT2D eigenvalue weighted by atomic mass is 32.2. The molecule has 0 radical (unpaired) electrons. The second kappa shape index (κ2) is 9.15. The zero-order valence-corrected chi connectivity index (χ0v) is 19.4. The molecule has 7 nitrogen and oxygen atoms in total. The molecule has 1 unspecified atom stereocenters. The Morgan fingerprint density at radius 1 is 1.03 bits per heavy atom. The summed E-state index contributed by atoms with van der Waals surface area (Å²) in [4.78, 5) is 12.6. The van der Waals surface area contributed by atoms with E-state index in [2.05, 4.69) is 20.8 Å². The minimum absolute atomic E-state index is 0.530. The van der Waals surface area contributed by atoms with Crippen LogP contribution < -0.4 is 4.72 Å². The normalized spacial score (nSPS) is 15.4. The summed E-state index contributed by atoms with van der Waals surface area (Å²) in [5, 5.41) is -0.600. The number of hydrogen-bond acceptors (Lipinski definition) is 5. The maximum atomic E-state index is 12.8. The summed E-state index contributed by atoms with van der Waals surface area (Å²) in [5.74, 6) is 0.775. The number of sulfonamides is 1. The molecule has 0 saturated carbocycles. The van der Waals surface area contributed by atoms with Gasteiger partial charge >= 0.3 is 0 Å². The number of benzene rings is 2. The van der Waals surface area contributed by atoms with Crippen molar-refractivity contribution in [2.75, 3.05) is 7.11 Å². The molecule has 34 heavy (non-hydrogen) atoms. The molecule has 2 aromatic heterocycles. The molecule has 1 aliphatic carbocycles. The lowest BCUT2D eigenvalue weighted by molar-refractivity contribution is 0.336. The Kier molecular flexibility index (Phi) is 5.90. The van der Waals surface area contributed by atoms with Crippen molar-refractivity contribution in [3.63, 3.8) is 0 Å². The van der Waals surface area contributed by atoms with Crippen molar-refractivity contribution >= 4 is 10.0 Å². The minimum atomic E-state index is -3.55. The number of imidazole rings is 1. The molecular formula is C26H24N4O3S. The molecule has 0 amide bonds. The lowest BCUT2D eigenvalue weighted by Crippen LogP contribution is -2.23. The average Bonchev–Trinajstić information content (AvgIpc) is 3.50. The van der Waals surface area contributed by atoms with Crippen LogP contribution >= 0.6 is 0 Å². The van der Waals surface area contributed by atoms with E-state index >= 15 is 0 Å². The third kappa shape index (κ3) is 4.20. The molecule has 8 heteroatoms. The van der Waals surface area contributed by atoms with Crippen LogP contribution in [0.4, 0.5) is 0 Å². The molecule has 0 aliphatic heterocycles. The number of methoxy groups -OCH3 is 1. The van der Waals surface area contributed by atoms with Gasteiger partial charge < -0.3 is 9.72 Å². The van der Waals surface area contributed by atoms with E-state index in [0.717, 1.165) is 45.0 Å². The highest BCUT2D eigenvalue weighted by molar-refractivity contribution is 7.89. The van der Waals surface area contributed by atoms with E-state index in [1.54, 1.807) is 12.4 Å². The van der Waals surface area contributed by atoms with E-state index in [4.69, 9.17) is 9.72 Å². The predicted octanol–water partition coefficient (Wildman–Crippen LogP) is 4.83. The monoisotopic (exact) mass is 472 g/mol. The highest BCUT2D eigenvalue weighted by Crippen LogP contribution is 2.40. The van der Waals surface area contributed by atoms with E-state index in [1.807, 2.05) is 54.6 Å². The molecule has 172 valence electrons. The number of H-pyrrole nitrogens is 1. The van der Waals surface area contributed by atoms with Crippen molar-refractivity contribution in [3.05, 3.63) is 96.6 Å². The van der Waals surface area contributed by atoms with Crippen molar-refractivity contribution in [1.29, 1.82) is 0 Å². The average molecular weight is 473 g/mol. The van der Waals surface area contributed by atoms with Gasteiger partial charge in [-0.15, -0.1) is 0 Å². The van der Waals surface area contributed by atoms with Crippen molar-refractivity contribution in [2.45, 2.75) is 18.1 Å². The summed E-state index contributed by atoms with van der Waals surface area (Å²) in [6, 6.07) is 19.8. The van der Waals surface area contributed by atoms with Gasteiger partial charge in [-0.1, -0.05) is 42.5 Å². The number of aromatic amines is 1. The van der Waals surface area contributed by atoms with Gasteiger partial charge in [-0.05, 0) is 42.2 Å². The summed E-state index contributed by atoms with van der Waals surface area (Å²) in [6.45, 7) is 0. The Hall–Kier alpha value is -3.91. The van der Waals surface area contributed by atoms with Gasteiger partial charge in [0.2, 0.25) is 10.0 Å². The molecular weight excluding hydrogens is 448 g/mol. The SMILES string of the molecule is COC=CNS(=O)(=O)C1CCc2cc(-c3nc(-c4ccccc4)[nH]c3-c3ccncc3)ccc21. The van der Waals surface area contributed by atoms with Gasteiger partial charge in [-0.2, -0.15) is 0 Å². The van der Waals surface area contributed by atoms with Gasteiger partial charge in [-0.3, -0.25) is 9.71 Å². The molecule has 0 saturated heterocycles. The first-order valence-electron chi connectivity index (χ1n) is 10.9. The van der Waals surface area contributed by atoms with Crippen LogP contribution in [0.3, 0.4) is 0 Å². The van der Waals surface area contributed by atoms with Gasteiger partial charge in [0, 0.05) is 35.3 Å². The Bertz CT molecular complexity index is 1430. The molecule has 2 aromatic carbocycles. The molecule has 1 atom stereocenters. The number of rotatable bonds is 7. The van der Waals surface area contributed by atoms with E-state index in [9.17, 15) is 8.42 Å². The zero-order chi connectivity index (χ0) is 23.5. The van der Waals surface area contributed by atoms with Crippen LogP contribution in [0, 0.1) is 0 Å². The van der Waals surface area contributed by atoms with Crippen molar-refractivity contribution in [2.24, 2.45) is 0 Å². The maximum absolute atomic E-state index is 12.8. The highest BCUT2D eigenvalue weighted by Gasteiger charge is 2.33. The summed E-state index contributed by atoms with van der Waals surface area (Å²) in [6.07, 6.45) is 7.33. The fraction of sp³-hybridized carbons (Fsp3) is 0.154. The number of ether oxygens (including phenoxy) is 1. The fourth-order valence-electron chi connectivity index (χ4n) is 4.36. The number of aryl methyl sites for hydroxylation is 1. The fourth-order valence-corrected chi connectivity index (χ4v) is 5.77. The number of aromatic nitrogens is 3. The van der Waals surface area contributed by atoms with Crippen molar-refractivity contribution in [1.82, 2.24) is 19.7 Å². The van der Waals surface area contributed by atoms with E-state index in [0.29, 0.717) is 12.8 Å². The van der Waals surface area contributed by atoms with Gasteiger partial charge in [-0.25, -0.2) is 13.4 Å². The van der Waals surface area contributed by atoms with E-state index in [1.165, 1.54) is 19.6 Å². The smallest absolute Gasteiger partial charge is 0.239 e. The summed E-state index contributed by atoms with van der Waals surface area (Å²) in [5.41, 5.74) is 6.48. The predicted molar refractivity (Wildman–Crippen MR) is 132 cm³/mol. The number of hydrogen-bond donors (Lipinski definition) is 2. The first-order chi connectivity index (χ1) is 16.6. The lowest BCUT2D eigenvalue weighted by atomic mass is 10.0. The quantitative estimate of drug-likeness (QED) is 0.376. The Balaban J connectivity index is 1.55. The molecule has 0 bridgehead atoms. The minimum Gasteiger partial charge on any atom is -0.503 e. The number of fused-ring (bicyclic) bond motifs is 1. The molecule has 5 rings (SSSR count). The molecule has 2 heterocycles. The van der Waals surface area contributed by atoms with Gasteiger partial charge in [0.05, 0.1) is 24.8 Å². The lowest BCUT2D eigenvalue weighted by Gasteiger charge is -2.13. The van der Waals surface area contributed by atoms with Crippen LogP contribution in [0.5, 0.6) is 0 Å². The number of nitrogens with zero attached hydrogens (tertiary/aromatic N) is 2. The van der Waals surface area contributed by atoms with E-state index in [-0.39, 0.29) is 0 Å². The van der Waals surface area contributed by atoms with Crippen LogP contribution in [0.2, 0.25) is 0 Å². The molecule has 1 aliphatic rings. The Labute approximate surface area is 198 Å². The van der Waals surface area contributed by atoms with Gasteiger partial charge in [0.25, 0.3) is 0 Å². The number of pyridine rings is 1. The third-order valence-corrected chi connectivity index (χ3v) is 7.67. The maximum Gasteiger partial charge on any atom is 0.239 e. The first-order valence-corrected chi connectivity index (χ1v) is 12.5.